The van der Waals surface area contributed by atoms with Crippen LogP contribution >= 0.6 is 27.7 Å². The molecule has 1 aliphatic carbocycles. The highest BCUT2D eigenvalue weighted by Crippen LogP contribution is 2.37. The maximum absolute atomic E-state index is 14.3. The minimum Gasteiger partial charge on any atom is -0.326 e. The molecule has 0 spiro atoms. The molecule has 2 N–H and O–H groups in total. The van der Waals surface area contributed by atoms with E-state index in [0.29, 0.717) is 4.47 Å². The molecule has 2 amide bonds. The van der Waals surface area contributed by atoms with E-state index < -0.39 is 11.1 Å². The highest BCUT2D eigenvalue weighted by molar-refractivity contribution is 9.10. The van der Waals surface area contributed by atoms with Gasteiger partial charge in [-0.2, -0.15) is 0 Å². The lowest BCUT2D eigenvalue weighted by molar-refractivity contribution is -0.120. The molecule has 3 aromatic rings. The summed E-state index contributed by atoms with van der Waals surface area (Å²) in [6, 6.07) is 21.5. The SMILES string of the molecule is O=C(Nc1ccc(SC(C(=O)Nc2ccc(Br)cc2F)c2ccccc2)cc1)C1CCCCC1. The Morgan fingerprint density at radius 2 is 1.62 bits per heavy atom. The molecule has 4 nitrogen and oxygen atoms in total. The second-order valence-corrected chi connectivity index (χ2v) is 10.5. The monoisotopic (exact) mass is 540 g/mol. The van der Waals surface area contributed by atoms with E-state index in [9.17, 15) is 14.0 Å². The molecule has 0 saturated heterocycles. The molecular formula is C27H26BrFN2O2S. The van der Waals surface area contributed by atoms with Crippen LogP contribution in [0.25, 0.3) is 0 Å². The molecule has 0 bridgehead atoms. The summed E-state index contributed by atoms with van der Waals surface area (Å²) in [6.07, 6.45) is 5.33. The summed E-state index contributed by atoms with van der Waals surface area (Å²) < 4.78 is 14.9. The van der Waals surface area contributed by atoms with Gasteiger partial charge in [0.25, 0.3) is 0 Å². The summed E-state index contributed by atoms with van der Waals surface area (Å²) in [7, 11) is 0. The molecule has 1 fully saturated rings. The van der Waals surface area contributed by atoms with Crippen molar-refractivity contribution in [2.75, 3.05) is 10.6 Å². The predicted molar refractivity (Wildman–Crippen MR) is 139 cm³/mol. The largest absolute Gasteiger partial charge is 0.326 e. The smallest absolute Gasteiger partial charge is 0.242 e. The van der Waals surface area contributed by atoms with Crippen molar-refractivity contribution in [3.05, 3.63) is 88.6 Å². The molecule has 1 atom stereocenters. The van der Waals surface area contributed by atoms with Crippen molar-refractivity contribution in [3.8, 4) is 0 Å². The number of hydrogen-bond acceptors (Lipinski definition) is 3. The Labute approximate surface area is 211 Å². The Bertz CT molecular complexity index is 1140. The van der Waals surface area contributed by atoms with Crippen LogP contribution in [0.2, 0.25) is 0 Å². The van der Waals surface area contributed by atoms with Crippen molar-refractivity contribution in [3.63, 3.8) is 0 Å². The van der Waals surface area contributed by atoms with Crippen molar-refractivity contribution in [2.45, 2.75) is 42.2 Å². The molecule has 4 rings (SSSR count). The van der Waals surface area contributed by atoms with E-state index in [-0.39, 0.29) is 23.4 Å². The van der Waals surface area contributed by atoms with Gasteiger partial charge in [0, 0.05) is 21.0 Å². The molecule has 0 radical (unpaired) electrons. The summed E-state index contributed by atoms with van der Waals surface area (Å²) >= 11 is 4.61. The van der Waals surface area contributed by atoms with Crippen molar-refractivity contribution in [1.82, 2.24) is 0 Å². The van der Waals surface area contributed by atoms with Crippen LogP contribution in [0.5, 0.6) is 0 Å². The van der Waals surface area contributed by atoms with Gasteiger partial charge in [0.05, 0.1) is 5.69 Å². The molecular weight excluding hydrogens is 515 g/mol. The number of amides is 2. The van der Waals surface area contributed by atoms with Crippen LogP contribution in [0.15, 0.2) is 82.2 Å². The quantitative estimate of drug-likeness (QED) is 0.303. The van der Waals surface area contributed by atoms with E-state index in [1.807, 2.05) is 54.6 Å². The standard InChI is InChI=1S/C27H26BrFN2O2S/c28-20-11-16-24(23(29)17-20)31-27(33)25(18-7-3-1-4-8-18)34-22-14-12-21(13-15-22)30-26(32)19-9-5-2-6-10-19/h1,3-4,7-8,11-17,19,25H,2,5-6,9-10H2,(H,30,32)(H,31,33). The van der Waals surface area contributed by atoms with E-state index in [2.05, 4.69) is 26.6 Å². The zero-order chi connectivity index (χ0) is 23.9. The normalized spacial score (nSPS) is 14.9. The number of carbonyl (C=O) groups is 2. The van der Waals surface area contributed by atoms with Gasteiger partial charge in [-0.05, 0) is 60.9 Å². The van der Waals surface area contributed by atoms with Gasteiger partial charge >= 0.3 is 0 Å². The van der Waals surface area contributed by atoms with Gasteiger partial charge in [0.15, 0.2) is 0 Å². The van der Waals surface area contributed by atoms with Crippen LogP contribution in [-0.4, -0.2) is 11.8 Å². The lowest BCUT2D eigenvalue weighted by Crippen LogP contribution is -2.24. The van der Waals surface area contributed by atoms with E-state index in [4.69, 9.17) is 0 Å². The second kappa shape index (κ2) is 11.7. The zero-order valence-electron chi connectivity index (χ0n) is 18.6. The average Bonchev–Trinajstić information content (AvgIpc) is 2.86. The molecule has 0 aromatic heterocycles. The second-order valence-electron chi connectivity index (χ2n) is 8.37. The highest BCUT2D eigenvalue weighted by atomic mass is 79.9. The van der Waals surface area contributed by atoms with E-state index in [1.54, 1.807) is 6.07 Å². The molecule has 0 aliphatic heterocycles. The summed E-state index contributed by atoms with van der Waals surface area (Å²) in [4.78, 5) is 26.6. The van der Waals surface area contributed by atoms with Crippen LogP contribution in [0, 0.1) is 11.7 Å². The van der Waals surface area contributed by atoms with E-state index in [0.717, 1.165) is 41.8 Å². The third-order valence-electron chi connectivity index (χ3n) is 5.88. The summed E-state index contributed by atoms with van der Waals surface area (Å²) in [5, 5.41) is 5.16. The number of rotatable bonds is 7. The van der Waals surface area contributed by atoms with Gasteiger partial charge < -0.3 is 10.6 Å². The van der Waals surface area contributed by atoms with Crippen LogP contribution < -0.4 is 10.6 Å². The topological polar surface area (TPSA) is 58.2 Å². The van der Waals surface area contributed by atoms with E-state index in [1.165, 1.54) is 30.3 Å². The van der Waals surface area contributed by atoms with Gasteiger partial charge in [0.2, 0.25) is 11.8 Å². The zero-order valence-corrected chi connectivity index (χ0v) is 21.0. The Hall–Kier alpha value is -2.64. The average molecular weight is 541 g/mol. The molecule has 1 aliphatic rings. The minimum absolute atomic E-state index is 0.0816. The van der Waals surface area contributed by atoms with Gasteiger partial charge in [-0.1, -0.05) is 65.5 Å². The number of carbonyl (C=O) groups excluding carboxylic acids is 2. The Balaban J connectivity index is 1.47. The van der Waals surface area contributed by atoms with Crippen LogP contribution in [0.3, 0.4) is 0 Å². The lowest BCUT2D eigenvalue weighted by Gasteiger charge is -2.21. The molecule has 7 heteroatoms. The Morgan fingerprint density at radius 1 is 0.912 bits per heavy atom. The first kappa shape index (κ1) is 24.5. The Kier molecular flexibility index (Phi) is 8.40. The summed E-state index contributed by atoms with van der Waals surface area (Å²) in [5.41, 5.74) is 1.70. The first-order valence-corrected chi connectivity index (χ1v) is 13.1. The van der Waals surface area contributed by atoms with Crippen molar-refractivity contribution < 1.29 is 14.0 Å². The maximum atomic E-state index is 14.3. The third-order valence-corrected chi connectivity index (χ3v) is 7.64. The number of thioether (sulfide) groups is 1. The van der Waals surface area contributed by atoms with Gasteiger partial charge in [-0.3, -0.25) is 9.59 Å². The van der Waals surface area contributed by atoms with Gasteiger partial charge in [-0.25, -0.2) is 4.39 Å². The molecule has 3 aromatic carbocycles. The van der Waals surface area contributed by atoms with Crippen LogP contribution in [0.1, 0.15) is 42.9 Å². The number of nitrogens with one attached hydrogen (secondary N) is 2. The van der Waals surface area contributed by atoms with Crippen molar-refractivity contribution in [1.29, 1.82) is 0 Å². The molecule has 0 heterocycles. The maximum Gasteiger partial charge on any atom is 0.242 e. The fourth-order valence-corrected chi connectivity index (χ4v) is 5.41. The van der Waals surface area contributed by atoms with Crippen LogP contribution in [0.4, 0.5) is 15.8 Å². The molecule has 34 heavy (non-hydrogen) atoms. The van der Waals surface area contributed by atoms with Crippen molar-refractivity contribution in [2.24, 2.45) is 5.92 Å². The predicted octanol–water partition coefficient (Wildman–Crippen LogP) is 7.58. The lowest BCUT2D eigenvalue weighted by atomic mass is 9.88. The number of anilines is 2. The first-order chi connectivity index (χ1) is 16.5. The van der Waals surface area contributed by atoms with Gasteiger partial charge in [0.1, 0.15) is 11.1 Å². The summed E-state index contributed by atoms with van der Waals surface area (Å²) in [6.45, 7) is 0. The number of halogens is 2. The molecule has 1 unspecified atom stereocenters. The number of benzene rings is 3. The molecule has 1 saturated carbocycles. The Morgan fingerprint density at radius 3 is 2.29 bits per heavy atom. The summed E-state index contributed by atoms with van der Waals surface area (Å²) in [5.74, 6) is -0.643. The third kappa shape index (κ3) is 6.48. The fourth-order valence-electron chi connectivity index (χ4n) is 4.05. The minimum atomic E-state index is -0.577. The van der Waals surface area contributed by atoms with Gasteiger partial charge in [-0.15, -0.1) is 11.8 Å². The fraction of sp³-hybridized carbons (Fsp3) is 0.259. The van der Waals surface area contributed by atoms with E-state index >= 15 is 0 Å². The highest BCUT2D eigenvalue weighted by Gasteiger charge is 2.24. The van der Waals surface area contributed by atoms with Crippen molar-refractivity contribution >= 4 is 50.9 Å². The number of hydrogen-bond donors (Lipinski definition) is 2. The first-order valence-electron chi connectivity index (χ1n) is 11.4. The molecule has 176 valence electrons. The van der Waals surface area contributed by atoms with Crippen LogP contribution in [-0.2, 0) is 9.59 Å².